The number of aromatic carboxylic acids is 1. The summed E-state index contributed by atoms with van der Waals surface area (Å²) in [5, 5.41) is 11.9. The highest BCUT2D eigenvalue weighted by molar-refractivity contribution is 6.01. The lowest BCUT2D eigenvalue weighted by Crippen LogP contribution is -2.21. The van der Waals surface area contributed by atoms with Gasteiger partial charge >= 0.3 is 5.97 Å². The molecule has 0 aliphatic rings. The van der Waals surface area contributed by atoms with Crippen molar-refractivity contribution in [3.05, 3.63) is 47.0 Å². The van der Waals surface area contributed by atoms with Crippen LogP contribution in [0.25, 0.3) is 0 Å². The van der Waals surface area contributed by atoms with E-state index in [1.54, 1.807) is 0 Å². The fraction of sp³-hybridized carbons (Fsp3) is 0.263. The number of hydrogen-bond donors (Lipinski definition) is 2. The molecule has 7 nitrogen and oxygen atoms in total. The average molecular weight is 359 g/mol. The van der Waals surface area contributed by atoms with Crippen molar-refractivity contribution in [2.24, 2.45) is 0 Å². The summed E-state index contributed by atoms with van der Waals surface area (Å²) in [5.74, 6) is -0.545. The predicted molar refractivity (Wildman–Crippen MR) is 96.5 cm³/mol. The van der Waals surface area contributed by atoms with Crippen molar-refractivity contribution in [2.75, 3.05) is 26.1 Å². The Bertz CT molecular complexity index is 811. The Kier molecular flexibility index (Phi) is 6.06. The molecule has 0 heterocycles. The fourth-order valence-corrected chi connectivity index (χ4v) is 2.51. The van der Waals surface area contributed by atoms with Crippen LogP contribution in [0.15, 0.2) is 30.3 Å². The van der Waals surface area contributed by atoms with Crippen LogP contribution in [0.1, 0.15) is 21.5 Å². The predicted octanol–water partition coefficient (Wildman–Crippen LogP) is 3.04. The Morgan fingerprint density at radius 1 is 0.962 bits per heavy atom. The normalized spacial score (nSPS) is 10.2. The molecule has 0 saturated heterocycles. The van der Waals surface area contributed by atoms with E-state index >= 15 is 0 Å². The Morgan fingerprint density at radius 2 is 1.54 bits per heavy atom. The van der Waals surface area contributed by atoms with Gasteiger partial charge in [0.2, 0.25) is 0 Å². The van der Waals surface area contributed by atoms with Crippen LogP contribution in [0, 0.1) is 13.8 Å². The van der Waals surface area contributed by atoms with Crippen LogP contribution in [0.2, 0.25) is 0 Å². The molecular formula is C19H21NO6. The molecule has 0 aromatic heterocycles. The number of benzene rings is 2. The summed E-state index contributed by atoms with van der Waals surface area (Å²) in [6, 6.07) is 8.33. The fourth-order valence-electron chi connectivity index (χ4n) is 2.51. The average Bonchev–Trinajstić information content (AvgIpc) is 2.58. The Hall–Kier alpha value is -3.22. The first-order valence-electron chi connectivity index (χ1n) is 7.84. The zero-order valence-electron chi connectivity index (χ0n) is 15.1. The van der Waals surface area contributed by atoms with E-state index in [4.69, 9.17) is 14.2 Å². The molecule has 2 aromatic rings. The maximum Gasteiger partial charge on any atom is 0.337 e. The molecule has 0 atom stereocenters. The van der Waals surface area contributed by atoms with E-state index in [-0.39, 0.29) is 23.6 Å². The van der Waals surface area contributed by atoms with E-state index in [1.165, 1.54) is 26.4 Å². The molecule has 1 amide bonds. The molecular weight excluding hydrogens is 338 g/mol. The summed E-state index contributed by atoms with van der Waals surface area (Å²) in [6.45, 7) is 3.61. The minimum Gasteiger partial charge on any atom is -0.493 e. The van der Waals surface area contributed by atoms with E-state index in [0.29, 0.717) is 11.5 Å². The van der Waals surface area contributed by atoms with Crippen molar-refractivity contribution in [1.29, 1.82) is 0 Å². The SMILES string of the molecule is COc1cc(NC(=O)COc2cc(C)cc(C)c2)c(C(=O)O)cc1OC. The summed E-state index contributed by atoms with van der Waals surface area (Å²) in [4.78, 5) is 23.6. The molecule has 26 heavy (non-hydrogen) atoms. The molecule has 2 N–H and O–H groups in total. The summed E-state index contributed by atoms with van der Waals surface area (Å²) >= 11 is 0. The number of nitrogens with one attached hydrogen (secondary N) is 1. The minimum absolute atomic E-state index is 0.101. The number of carboxylic acids is 1. The zero-order valence-corrected chi connectivity index (χ0v) is 15.1. The van der Waals surface area contributed by atoms with Crippen molar-refractivity contribution < 1.29 is 28.9 Å². The highest BCUT2D eigenvalue weighted by Gasteiger charge is 2.18. The number of ether oxygens (including phenoxy) is 3. The largest absolute Gasteiger partial charge is 0.493 e. The molecule has 2 rings (SSSR count). The van der Waals surface area contributed by atoms with Crippen molar-refractivity contribution in [3.8, 4) is 17.2 Å². The summed E-state index contributed by atoms with van der Waals surface area (Å²) < 4.78 is 15.7. The first-order valence-corrected chi connectivity index (χ1v) is 7.84. The van der Waals surface area contributed by atoms with Gasteiger partial charge in [0.15, 0.2) is 18.1 Å². The van der Waals surface area contributed by atoms with E-state index in [0.717, 1.165) is 11.1 Å². The zero-order chi connectivity index (χ0) is 19.3. The second kappa shape index (κ2) is 8.24. The van der Waals surface area contributed by atoms with Crippen LogP contribution in [-0.4, -0.2) is 37.8 Å². The van der Waals surface area contributed by atoms with E-state index in [2.05, 4.69) is 5.32 Å². The minimum atomic E-state index is -1.20. The number of carboxylic acid groups (broad SMARTS) is 1. The lowest BCUT2D eigenvalue weighted by molar-refractivity contribution is -0.118. The molecule has 7 heteroatoms. The molecule has 0 aliphatic heterocycles. The van der Waals surface area contributed by atoms with Crippen LogP contribution in [-0.2, 0) is 4.79 Å². The van der Waals surface area contributed by atoms with Crippen molar-refractivity contribution in [2.45, 2.75) is 13.8 Å². The third-order valence-corrected chi connectivity index (χ3v) is 3.59. The van der Waals surface area contributed by atoms with Crippen LogP contribution >= 0.6 is 0 Å². The van der Waals surface area contributed by atoms with Crippen molar-refractivity contribution >= 4 is 17.6 Å². The number of hydrogen-bond acceptors (Lipinski definition) is 5. The quantitative estimate of drug-likeness (QED) is 0.789. The monoisotopic (exact) mass is 359 g/mol. The molecule has 0 bridgehead atoms. The number of carbonyl (C=O) groups is 2. The first kappa shape index (κ1) is 19.1. The van der Waals surface area contributed by atoms with E-state index in [1.807, 2.05) is 32.0 Å². The number of aryl methyl sites for hydroxylation is 2. The summed E-state index contributed by atoms with van der Waals surface area (Å²) in [5.41, 5.74) is 2.04. The Morgan fingerprint density at radius 3 is 2.08 bits per heavy atom. The van der Waals surface area contributed by atoms with Crippen LogP contribution in [0.3, 0.4) is 0 Å². The van der Waals surface area contributed by atoms with Gasteiger partial charge in [-0.2, -0.15) is 0 Å². The van der Waals surface area contributed by atoms with E-state index in [9.17, 15) is 14.7 Å². The summed E-state index contributed by atoms with van der Waals surface area (Å²) in [7, 11) is 2.83. The number of amides is 1. The standard InChI is InChI=1S/C19H21NO6/c1-11-5-12(2)7-13(6-11)26-10-18(21)20-15-9-17(25-4)16(24-3)8-14(15)19(22)23/h5-9H,10H2,1-4H3,(H,20,21)(H,22,23). The van der Waals surface area contributed by atoms with Gasteiger partial charge in [-0.25, -0.2) is 4.79 Å². The molecule has 0 saturated carbocycles. The van der Waals surface area contributed by atoms with Crippen LogP contribution in [0.4, 0.5) is 5.69 Å². The number of carbonyl (C=O) groups excluding carboxylic acids is 1. The molecule has 0 spiro atoms. The first-order chi connectivity index (χ1) is 12.3. The van der Waals surface area contributed by atoms with Gasteiger partial charge in [-0.15, -0.1) is 0 Å². The highest BCUT2D eigenvalue weighted by Crippen LogP contribution is 2.33. The maximum absolute atomic E-state index is 12.2. The third kappa shape index (κ3) is 4.66. The highest BCUT2D eigenvalue weighted by atomic mass is 16.5. The molecule has 138 valence electrons. The second-order valence-corrected chi connectivity index (χ2v) is 5.72. The van der Waals surface area contributed by atoms with E-state index < -0.39 is 11.9 Å². The second-order valence-electron chi connectivity index (χ2n) is 5.72. The van der Waals surface area contributed by atoms with Gasteiger partial charge in [-0.3, -0.25) is 4.79 Å². The van der Waals surface area contributed by atoms with Crippen molar-refractivity contribution in [3.63, 3.8) is 0 Å². The smallest absolute Gasteiger partial charge is 0.337 e. The van der Waals surface area contributed by atoms with Gasteiger partial charge in [0.25, 0.3) is 5.91 Å². The van der Waals surface area contributed by atoms with Gasteiger partial charge in [-0.05, 0) is 37.1 Å². The van der Waals surface area contributed by atoms with Gasteiger partial charge < -0.3 is 24.6 Å². The topological polar surface area (TPSA) is 94.1 Å². The molecule has 0 radical (unpaired) electrons. The molecule has 0 fully saturated rings. The number of anilines is 1. The lowest BCUT2D eigenvalue weighted by atomic mass is 10.1. The summed E-state index contributed by atoms with van der Waals surface area (Å²) in [6.07, 6.45) is 0. The third-order valence-electron chi connectivity index (χ3n) is 3.59. The van der Waals surface area contributed by atoms with Gasteiger partial charge in [0, 0.05) is 12.1 Å². The Labute approximate surface area is 151 Å². The number of rotatable bonds is 7. The lowest BCUT2D eigenvalue weighted by Gasteiger charge is -2.14. The molecule has 0 aliphatic carbocycles. The number of methoxy groups -OCH3 is 2. The van der Waals surface area contributed by atoms with Crippen LogP contribution in [0.5, 0.6) is 17.2 Å². The Balaban J connectivity index is 2.15. The van der Waals surface area contributed by atoms with Crippen molar-refractivity contribution in [1.82, 2.24) is 0 Å². The molecule has 0 unspecified atom stereocenters. The molecule has 2 aromatic carbocycles. The van der Waals surface area contributed by atoms with Gasteiger partial charge in [0.1, 0.15) is 5.75 Å². The maximum atomic E-state index is 12.2. The van der Waals surface area contributed by atoms with Gasteiger partial charge in [0.05, 0.1) is 25.5 Å². The van der Waals surface area contributed by atoms with Gasteiger partial charge in [-0.1, -0.05) is 6.07 Å². The van der Waals surface area contributed by atoms with Crippen LogP contribution < -0.4 is 19.5 Å².